The molecule has 0 bridgehead atoms. The molecule has 0 spiro atoms. The molecule has 2 amide bonds. The third-order valence-electron chi connectivity index (χ3n) is 4.81. The van der Waals surface area contributed by atoms with Crippen LogP contribution in [0.1, 0.15) is 36.2 Å². The van der Waals surface area contributed by atoms with Gasteiger partial charge in [0.25, 0.3) is 17.5 Å². The van der Waals surface area contributed by atoms with Crippen LogP contribution in [0.4, 0.5) is 5.69 Å². The molecule has 0 aromatic heterocycles. The first-order valence-corrected chi connectivity index (χ1v) is 11.9. The highest BCUT2D eigenvalue weighted by Gasteiger charge is 2.34. The predicted octanol–water partition coefficient (Wildman–Crippen LogP) is 3.78. The molecule has 36 heavy (non-hydrogen) atoms. The van der Waals surface area contributed by atoms with E-state index in [1.807, 2.05) is 0 Å². The molecule has 1 heterocycles. The summed E-state index contributed by atoms with van der Waals surface area (Å²) < 4.78 is 11.2. The summed E-state index contributed by atoms with van der Waals surface area (Å²) in [6, 6.07) is 9.85. The average molecular weight is 532 g/mol. The molecule has 1 saturated heterocycles. The smallest absolute Gasteiger partial charge is 0.344 e. The highest BCUT2D eigenvalue weighted by Crippen LogP contribution is 2.35. The van der Waals surface area contributed by atoms with Gasteiger partial charge in [-0.1, -0.05) is 30.8 Å². The molecule has 2 N–H and O–H groups in total. The summed E-state index contributed by atoms with van der Waals surface area (Å²) >= 11 is 6.18. The molecule has 2 aromatic rings. The van der Waals surface area contributed by atoms with Crippen molar-refractivity contribution in [3.8, 4) is 11.5 Å². The molecule has 1 aliphatic rings. The summed E-state index contributed by atoms with van der Waals surface area (Å²) in [5, 5.41) is 21.1. The number of carbonyl (C=O) groups is 3. The zero-order valence-electron chi connectivity index (χ0n) is 19.1. The summed E-state index contributed by atoms with van der Waals surface area (Å²) in [6.07, 6.45) is 0.758. The van der Waals surface area contributed by atoms with E-state index in [2.05, 4.69) is 5.43 Å². The number of ether oxygens (including phenoxy) is 2. The molecule has 0 aliphatic carbocycles. The van der Waals surface area contributed by atoms with Crippen LogP contribution in [0.5, 0.6) is 11.5 Å². The Morgan fingerprint density at radius 1 is 1.25 bits per heavy atom. The van der Waals surface area contributed by atoms with Gasteiger partial charge in [0.1, 0.15) is 0 Å². The Morgan fingerprint density at radius 3 is 2.64 bits per heavy atom. The molecule has 13 heteroatoms. The van der Waals surface area contributed by atoms with E-state index < -0.39 is 28.8 Å². The van der Waals surface area contributed by atoms with Gasteiger partial charge in [0.15, 0.2) is 21.9 Å². The number of rotatable bonds is 10. The molecule has 0 saturated carbocycles. The van der Waals surface area contributed by atoms with Gasteiger partial charge in [-0.25, -0.2) is 4.79 Å². The standard InChI is InChI=1S/C23H21N3O8S2/c1-3-16(22(29)30)34-17-9-8-13(10-18(17)33-4-2)11-19-21(28)25(23(35)36-19)24-20(27)14-6-5-7-15(12-14)26(31)32/h5-12,16H,3-4H2,1-2H3,(H,24,27)(H,29,30)/b19-11+. The number of aliphatic carboxylic acids is 1. The van der Waals surface area contributed by atoms with E-state index in [1.54, 1.807) is 38.1 Å². The van der Waals surface area contributed by atoms with Crippen molar-refractivity contribution >= 4 is 57.8 Å². The van der Waals surface area contributed by atoms with Crippen LogP contribution in [0.2, 0.25) is 0 Å². The van der Waals surface area contributed by atoms with Gasteiger partial charge in [-0.05, 0) is 55.4 Å². The number of nitrogens with zero attached hydrogens (tertiary/aromatic N) is 2. The minimum Gasteiger partial charge on any atom is -0.490 e. The van der Waals surface area contributed by atoms with Crippen molar-refractivity contribution in [1.82, 2.24) is 10.4 Å². The van der Waals surface area contributed by atoms with Crippen molar-refractivity contribution in [2.75, 3.05) is 6.61 Å². The number of nitro benzene ring substituents is 1. The number of hydrogen-bond donors (Lipinski definition) is 2. The molecular formula is C23H21N3O8S2. The Bertz CT molecular complexity index is 1260. The van der Waals surface area contributed by atoms with Gasteiger partial charge in [-0.3, -0.25) is 25.1 Å². The minimum atomic E-state index is -1.10. The summed E-state index contributed by atoms with van der Waals surface area (Å²) in [4.78, 5) is 47.3. The predicted molar refractivity (Wildman–Crippen MR) is 136 cm³/mol. The van der Waals surface area contributed by atoms with E-state index in [9.17, 15) is 29.6 Å². The Balaban J connectivity index is 1.80. The quantitative estimate of drug-likeness (QED) is 0.201. The lowest BCUT2D eigenvalue weighted by Gasteiger charge is -2.17. The number of thioether (sulfide) groups is 1. The molecule has 2 aromatic carbocycles. The lowest BCUT2D eigenvalue weighted by molar-refractivity contribution is -0.384. The fraction of sp³-hybridized carbons (Fsp3) is 0.217. The first-order chi connectivity index (χ1) is 17.1. The number of amides is 2. The SMILES string of the molecule is CCOc1cc(/C=C2/SC(=S)N(NC(=O)c3cccc([N+](=O)[O-])c3)C2=O)ccc1OC(CC)C(=O)O. The maximum absolute atomic E-state index is 12.9. The van der Waals surface area contributed by atoms with Gasteiger partial charge in [-0.15, -0.1) is 0 Å². The van der Waals surface area contributed by atoms with Crippen molar-refractivity contribution in [3.63, 3.8) is 0 Å². The second-order valence-electron chi connectivity index (χ2n) is 7.26. The zero-order valence-corrected chi connectivity index (χ0v) is 20.8. The Morgan fingerprint density at radius 2 is 2.00 bits per heavy atom. The molecule has 1 aliphatic heterocycles. The number of carboxylic acid groups (broad SMARTS) is 1. The van der Waals surface area contributed by atoms with E-state index in [1.165, 1.54) is 18.2 Å². The van der Waals surface area contributed by atoms with E-state index in [0.29, 0.717) is 17.9 Å². The van der Waals surface area contributed by atoms with E-state index in [4.69, 9.17) is 21.7 Å². The van der Waals surface area contributed by atoms with Gasteiger partial charge in [0, 0.05) is 17.7 Å². The van der Waals surface area contributed by atoms with Crippen molar-refractivity contribution < 1.29 is 33.9 Å². The summed E-state index contributed by atoms with van der Waals surface area (Å²) in [7, 11) is 0. The number of hydrazine groups is 1. The number of carbonyl (C=O) groups excluding carboxylic acids is 2. The van der Waals surface area contributed by atoms with Gasteiger partial charge < -0.3 is 14.6 Å². The lowest BCUT2D eigenvalue weighted by Crippen LogP contribution is -2.44. The molecule has 3 rings (SSSR count). The van der Waals surface area contributed by atoms with Crippen LogP contribution in [0.25, 0.3) is 6.08 Å². The largest absolute Gasteiger partial charge is 0.490 e. The molecular weight excluding hydrogens is 510 g/mol. The monoisotopic (exact) mass is 531 g/mol. The van der Waals surface area contributed by atoms with Crippen molar-refractivity contribution in [2.24, 2.45) is 0 Å². The number of nitro groups is 1. The van der Waals surface area contributed by atoms with Gasteiger partial charge >= 0.3 is 5.97 Å². The third-order valence-corrected chi connectivity index (χ3v) is 6.11. The molecule has 1 unspecified atom stereocenters. The van der Waals surface area contributed by atoms with Crippen LogP contribution in [0.3, 0.4) is 0 Å². The second-order valence-corrected chi connectivity index (χ2v) is 8.93. The second kappa shape index (κ2) is 11.6. The van der Waals surface area contributed by atoms with Crippen molar-refractivity contribution in [2.45, 2.75) is 26.4 Å². The number of benzene rings is 2. The number of non-ortho nitro benzene ring substituents is 1. The van der Waals surface area contributed by atoms with Crippen LogP contribution >= 0.6 is 24.0 Å². The summed E-state index contributed by atoms with van der Waals surface area (Å²) in [5.41, 5.74) is 2.66. The number of carboxylic acids is 1. The summed E-state index contributed by atoms with van der Waals surface area (Å²) in [5.74, 6) is -1.86. The van der Waals surface area contributed by atoms with Gasteiger partial charge in [-0.2, -0.15) is 5.01 Å². The topological polar surface area (TPSA) is 148 Å². The minimum absolute atomic E-state index is 0.00841. The normalized spacial score (nSPS) is 15.1. The van der Waals surface area contributed by atoms with Gasteiger partial charge in [0.05, 0.1) is 16.4 Å². The first-order valence-electron chi connectivity index (χ1n) is 10.6. The average Bonchev–Trinajstić information content (AvgIpc) is 3.10. The summed E-state index contributed by atoms with van der Waals surface area (Å²) in [6.45, 7) is 3.75. The highest BCUT2D eigenvalue weighted by molar-refractivity contribution is 8.26. The van der Waals surface area contributed by atoms with Crippen LogP contribution in [-0.2, 0) is 9.59 Å². The third kappa shape index (κ3) is 6.17. The van der Waals surface area contributed by atoms with Crippen LogP contribution < -0.4 is 14.9 Å². The van der Waals surface area contributed by atoms with E-state index >= 15 is 0 Å². The molecule has 11 nitrogen and oxygen atoms in total. The van der Waals surface area contributed by atoms with E-state index in [0.717, 1.165) is 22.8 Å². The molecule has 1 atom stereocenters. The van der Waals surface area contributed by atoms with Crippen molar-refractivity contribution in [1.29, 1.82) is 0 Å². The number of nitrogens with one attached hydrogen (secondary N) is 1. The van der Waals surface area contributed by atoms with Crippen LogP contribution in [0.15, 0.2) is 47.4 Å². The Labute approximate surface area is 215 Å². The first kappa shape index (κ1) is 26.6. The zero-order chi connectivity index (χ0) is 26.4. The van der Waals surface area contributed by atoms with E-state index in [-0.39, 0.29) is 32.6 Å². The van der Waals surface area contributed by atoms with Crippen LogP contribution in [0, 0.1) is 10.1 Å². The van der Waals surface area contributed by atoms with Gasteiger partial charge in [0.2, 0.25) is 0 Å². The van der Waals surface area contributed by atoms with Crippen molar-refractivity contribution in [3.05, 3.63) is 68.6 Å². The fourth-order valence-corrected chi connectivity index (χ4v) is 4.26. The molecule has 0 radical (unpaired) electrons. The van der Waals surface area contributed by atoms with Crippen LogP contribution in [-0.4, -0.2) is 49.9 Å². The molecule has 1 fully saturated rings. The number of thiocarbonyl (C=S) groups is 1. The lowest BCUT2D eigenvalue weighted by atomic mass is 10.1. The Kier molecular flexibility index (Phi) is 8.61. The maximum Gasteiger partial charge on any atom is 0.344 e. The highest BCUT2D eigenvalue weighted by atomic mass is 32.2. The Hall–Kier alpha value is -3.97. The number of hydrogen-bond acceptors (Lipinski definition) is 9. The fourth-order valence-electron chi connectivity index (χ4n) is 3.08. The molecule has 188 valence electrons. The maximum atomic E-state index is 12.9.